The lowest BCUT2D eigenvalue weighted by atomic mass is 10.1. The fourth-order valence-corrected chi connectivity index (χ4v) is 4.74. The highest BCUT2D eigenvalue weighted by molar-refractivity contribution is 7.16. The topological polar surface area (TPSA) is 64.1 Å². The average Bonchev–Trinajstić information content (AvgIpc) is 2.83. The highest BCUT2D eigenvalue weighted by Gasteiger charge is 2.26. The van der Waals surface area contributed by atoms with Crippen LogP contribution < -0.4 is 5.32 Å². The van der Waals surface area contributed by atoms with Crippen LogP contribution in [0.15, 0.2) is 30.6 Å². The molecule has 0 saturated carbocycles. The van der Waals surface area contributed by atoms with Gasteiger partial charge in [-0.1, -0.05) is 18.6 Å². The summed E-state index contributed by atoms with van der Waals surface area (Å²) < 4.78 is 5.35. The maximum absolute atomic E-state index is 12.7. The molecule has 0 saturated heterocycles. The molecule has 1 N–H and O–H groups in total. The molecule has 2 heterocycles. The van der Waals surface area contributed by atoms with Crippen molar-refractivity contribution in [1.82, 2.24) is 9.97 Å². The van der Waals surface area contributed by atoms with Gasteiger partial charge >= 0.3 is 5.97 Å². The van der Waals surface area contributed by atoms with Gasteiger partial charge < -0.3 is 10.1 Å². The number of nitrogens with one attached hydrogen (secondary N) is 1. The van der Waals surface area contributed by atoms with E-state index in [9.17, 15) is 4.79 Å². The number of carbonyl (C=O) groups excluding carboxylic acids is 1. The van der Waals surface area contributed by atoms with Gasteiger partial charge in [-0.2, -0.15) is 0 Å². The number of thiophene rings is 1. The number of nitrogens with zero attached hydrogens (tertiary/aromatic N) is 2. The lowest BCUT2D eigenvalue weighted by Gasteiger charge is -2.10. The number of carbonyl (C=O) groups is 1. The lowest BCUT2D eigenvalue weighted by Crippen LogP contribution is -2.09. The number of aromatic nitrogens is 2. The van der Waals surface area contributed by atoms with Crippen molar-refractivity contribution in [3.63, 3.8) is 0 Å². The van der Waals surface area contributed by atoms with E-state index in [4.69, 9.17) is 4.74 Å². The minimum Gasteiger partial charge on any atom is -0.462 e. The predicted octanol–water partition coefficient (Wildman–Crippen LogP) is 4.88. The van der Waals surface area contributed by atoms with E-state index in [0.29, 0.717) is 12.2 Å². The van der Waals surface area contributed by atoms with Crippen LogP contribution >= 0.6 is 11.3 Å². The summed E-state index contributed by atoms with van der Waals surface area (Å²) in [6.07, 6.45) is 7.01. The van der Waals surface area contributed by atoms with Gasteiger partial charge in [0.2, 0.25) is 0 Å². The van der Waals surface area contributed by atoms with E-state index < -0.39 is 0 Å². The highest BCUT2D eigenvalue weighted by atomic mass is 32.1. The second kappa shape index (κ2) is 7.41. The van der Waals surface area contributed by atoms with Crippen molar-refractivity contribution >= 4 is 39.0 Å². The molecule has 1 aliphatic rings. The van der Waals surface area contributed by atoms with Crippen molar-refractivity contribution in [1.29, 1.82) is 0 Å². The molecule has 0 amide bonds. The van der Waals surface area contributed by atoms with Crippen LogP contribution in [-0.4, -0.2) is 22.5 Å². The van der Waals surface area contributed by atoms with Gasteiger partial charge in [0.1, 0.15) is 17.1 Å². The number of esters is 1. The molecule has 0 unspecified atom stereocenters. The first-order valence-electron chi connectivity index (χ1n) is 9.06. The molecular weight excluding hydrogens is 346 g/mol. The summed E-state index contributed by atoms with van der Waals surface area (Å²) in [6, 6.07) is 7.86. The van der Waals surface area contributed by atoms with Crippen molar-refractivity contribution < 1.29 is 9.53 Å². The maximum atomic E-state index is 12.7. The van der Waals surface area contributed by atoms with E-state index in [0.717, 1.165) is 46.5 Å². The molecular formula is C20H21N3O2S. The van der Waals surface area contributed by atoms with E-state index in [-0.39, 0.29) is 5.97 Å². The van der Waals surface area contributed by atoms with Crippen LogP contribution in [0.3, 0.4) is 0 Å². The molecule has 1 aliphatic carbocycles. The van der Waals surface area contributed by atoms with Crippen molar-refractivity contribution in [2.75, 3.05) is 11.9 Å². The monoisotopic (exact) mass is 367 g/mol. The van der Waals surface area contributed by atoms with Crippen molar-refractivity contribution in [3.05, 3.63) is 46.6 Å². The van der Waals surface area contributed by atoms with Crippen molar-refractivity contribution in [2.24, 2.45) is 0 Å². The molecule has 0 fully saturated rings. The molecule has 5 nitrogen and oxygen atoms in total. The largest absolute Gasteiger partial charge is 0.462 e. The van der Waals surface area contributed by atoms with Gasteiger partial charge in [0.15, 0.2) is 0 Å². The average molecular weight is 367 g/mol. The minimum atomic E-state index is -0.243. The predicted molar refractivity (Wildman–Crippen MR) is 104 cm³/mol. The Morgan fingerprint density at radius 2 is 2.04 bits per heavy atom. The van der Waals surface area contributed by atoms with Gasteiger partial charge in [0, 0.05) is 10.3 Å². The number of anilines is 2. The number of benzene rings is 1. The first-order valence-corrected chi connectivity index (χ1v) is 9.88. The standard InChI is InChI=1S/C20H21N3O2S/c1-2-25-20(24)17-14-9-4-3-5-11-16(14)26-19(17)23-18-13-8-6-7-10-15(13)21-12-22-18/h6-8,10,12H,2-5,9,11H2,1H3,(H,21,22,23). The zero-order valence-electron chi connectivity index (χ0n) is 14.7. The molecule has 0 bridgehead atoms. The molecule has 0 atom stereocenters. The molecule has 2 aromatic heterocycles. The van der Waals surface area contributed by atoms with Crippen LogP contribution in [-0.2, 0) is 17.6 Å². The summed E-state index contributed by atoms with van der Waals surface area (Å²) >= 11 is 1.66. The van der Waals surface area contributed by atoms with E-state index in [1.54, 1.807) is 17.7 Å². The van der Waals surface area contributed by atoms with Gasteiger partial charge in [0.05, 0.1) is 17.7 Å². The molecule has 1 aromatic carbocycles. The summed E-state index contributed by atoms with van der Waals surface area (Å²) in [5.41, 5.74) is 2.73. The molecule has 134 valence electrons. The molecule has 4 rings (SSSR count). The van der Waals surface area contributed by atoms with E-state index in [1.165, 1.54) is 17.7 Å². The maximum Gasteiger partial charge on any atom is 0.341 e. The first kappa shape index (κ1) is 17.0. The Labute approximate surface area is 156 Å². The SMILES string of the molecule is CCOC(=O)c1c(Nc2ncnc3ccccc23)sc2c1CCCCC2. The van der Waals surface area contributed by atoms with Gasteiger partial charge in [-0.25, -0.2) is 14.8 Å². The zero-order chi connectivity index (χ0) is 17.9. The minimum absolute atomic E-state index is 0.243. The number of ether oxygens (including phenoxy) is 1. The molecule has 3 aromatic rings. The smallest absolute Gasteiger partial charge is 0.341 e. The van der Waals surface area contributed by atoms with Crippen LogP contribution in [0.5, 0.6) is 0 Å². The lowest BCUT2D eigenvalue weighted by molar-refractivity contribution is 0.0527. The van der Waals surface area contributed by atoms with Gasteiger partial charge in [-0.15, -0.1) is 11.3 Å². The number of para-hydroxylation sites is 1. The zero-order valence-corrected chi connectivity index (χ0v) is 15.6. The Balaban J connectivity index is 1.79. The Morgan fingerprint density at radius 1 is 1.19 bits per heavy atom. The third-order valence-corrected chi connectivity index (χ3v) is 5.88. The highest BCUT2D eigenvalue weighted by Crippen LogP contribution is 2.39. The van der Waals surface area contributed by atoms with E-state index in [2.05, 4.69) is 15.3 Å². The summed E-state index contributed by atoms with van der Waals surface area (Å²) in [5.74, 6) is 0.477. The van der Waals surface area contributed by atoms with Crippen LogP contribution in [0.25, 0.3) is 10.9 Å². The van der Waals surface area contributed by atoms with E-state index >= 15 is 0 Å². The second-order valence-corrected chi connectivity index (χ2v) is 7.46. The fourth-order valence-electron chi connectivity index (χ4n) is 3.46. The Kier molecular flexibility index (Phi) is 4.84. The fraction of sp³-hybridized carbons (Fsp3) is 0.350. The molecule has 26 heavy (non-hydrogen) atoms. The van der Waals surface area contributed by atoms with Crippen LogP contribution in [0.2, 0.25) is 0 Å². The first-order chi connectivity index (χ1) is 12.8. The number of hydrogen-bond acceptors (Lipinski definition) is 6. The quantitative estimate of drug-likeness (QED) is 0.526. The number of hydrogen-bond donors (Lipinski definition) is 1. The van der Waals surface area contributed by atoms with Crippen LogP contribution in [0, 0.1) is 0 Å². The third kappa shape index (κ3) is 3.17. The second-order valence-electron chi connectivity index (χ2n) is 6.35. The van der Waals surface area contributed by atoms with Crippen molar-refractivity contribution in [2.45, 2.75) is 39.0 Å². The Morgan fingerprint density at radius 3 is 2.92 bits per heavy atom. The van der Waals surface area contributed by atoms with Crippen molar-refractivity contribution in [3.8, 4) is 0 Å². The molecule has 0 aliphatic heterocycles. The molecule has 0 spiro atoms. The summed E-state index contributed by atoms with van der Waals surface area (Å²) in [5, 5.41) is 5.17. The van der Waals surface area contributed by atoms with Gasteiger partial charge in [-0.3, -0.25) is 0 Å². The van der Waals surface area contributed by atoms with E-state index in [1.807, 2.05) is 31.2 Å². The molecule has 0 radical (unpaired) electrons. The Hall–Kier alpha value is -2.47. The third-order valence-electron chi connectivity index (χ3n) is 4.68. The summed E-state index contributed by atoms with van der Waals surface area (Å²) in [7, 11) is 0. The molecule has 6 heteroatoms. The number of rotatable bonds is 4. The Bertz CT molecular complexity index is 946. The van der Waals surface area contributed by atoms with Crippen LogP contribution in [0.1, 0.15) is 47.0 Å². The number of fused-ring (bicyclic) bond motifs is 2. The normalized spacial score (nSPS) is 13.9. The van der Waals surface area contributed by atoms with Crippen LogP contribution in [0.4, 0.5) is 10.8 Å². The van der Waals surface area contributed by atoms with Gasteiger partial charge in [-0.05, 0) is 50.3 Å². The van der Waals surface area contributed by atoms with Gasteiger partial charge in [0.25, 0.3) is 0 Å². The summed E-state index contributed by atoms with van der Waals surface area (Å²) in [4.78, 5) is 22.7. The summed E-state index contributed by atoms with van der Waals surface area (Å²) in [6.45, 7) is 2.22. The number of aryl methyl sites for hydroxylation is 1.